The maximum atomic E-state index is 9.44. The summed E-state index contributed by atoms with van der Waals surface area (Å²) in [6.45, 7) is 2.95. The van der Waals surface area contributed by atoms with Crippen LogP contribution in [0.2, 0.25) is 0 Å². The molecule has 1 atom stereocenters. The molecule has 4 heteroatoms. The lowest BCUT2D eigenvalue weighted by atomic mass is 10.00. The van der Waals surface area contributed by atoms with Gasteiger partial charge >= 0.3 is 0 Å². The Kier molecular flexibility index (Phi) is 3.19. The van der Waals surface area contributed by atoms with Crippen LogP contribution in [0.15, 0.2) is 21.2 Å². The van der Waals surface area contributed by atoms with Crippen molar-refractivity contribution >= 4 is 15.9 Å². The molecule has 1 unspecified atom stereocenters. The normalized spacial score (nSPS) is 20.2. The highest BCUT2D eigenvalue weighted by Gasteiger charge is 2.31. The first kappa shape index (κ1) is 11.2. The molecule has 2 N–H and O–H groups in total. The van der Waals surface area contributed by atoms with Gasteiger partial charge < -0.3 is 14.8 Å². The van der Waals surface area contributed by atoms with Gasteiger partial charge in [0.1, 0.15) is 5.76 Å². The quantitative estimate of drug-likeness (QED) is 0.865. The molecule has 15 heavy (non-hydrogen) atoms. The largest absolute Gasteiger partial charge is 0.452 e. The predicted molar refractivity (Wildman–Crippen MR) is 61.6 cm³/mol. The summed E-state index contributed by atoms with van der Waals surface area (Å²) >= 11 is 3.27. The molecule has 0 aromatic carbocycles. The molecule has 0 radical (unpaired) electrons. The van der Waals surface area contributed by atoms with Gasteiger partial charge in [0.2, 0.25) is 0 Å². The molecule has 0 saturated heterocycles. The second-order valence-corrected chi connectivity index (χ2v) is 5.20. The molecule has 84 valence electrons. The summed E-state index contributed by atoms with van der Waals surface area (Å²) in [6, 6.07) is 3.74. The number of furan rings is 1. The molecular formula is C11H16BrNO2. The van der Waals surface area contributed by atoms with Gasteiger partial charge in [-0.1, -0.05) is 0 Å². The van der Waals surface area contributed by atoms with Crippen LogP contribution in [0.25, 0.3) is 0 Å². The lowest BCUT2D eigenvalue weighted by molar-refractivity contribution is 0.150. The van der Waals surface area contributed by atoms with E-state index >= 15 is 0 Å². The van der Waals surface area contributed by atoms with E-state index in [2.05, 4.69) is 21.2 Å². The van der Waals surface area contributed by atoms with Crippen molar-refractivity contribution in [1.29, 1.82) is 0 Å². The van der Waals surface area contributed by atoms with Crippen LogP contribution in [0.4, 0.5) is 0 Å². The van der Waals surface area contributed by atoms with Gasteiger partial charge in [-0.25, -0.2) is 0 Å². The van der Waals surface area contributed by atoms with E-state index in [0.29, 0.717) is 4.67 Å². The van der Waals surface area contributed by atoms with E-state index in [4.69, 9.17) is 4.42 Å². The fraction of sp³-hybridized carbons (Fsp3) is 0.636. The monoisotopic (exact) mass is 273 g/mol. The maximum absolute atomic E-state index is 9.44. The fourth-order valence-corrected chi connectivity index (χ4v) is 1.83. The Morgan fingerprint density at radius 1 is 1.60 bits per heavy atom. The van der Waals surface area contributed by atoms with Crippen LogP contribution in [-0.4, -0.2) is 18.3 Å². The summed E-state index contributed by atoms with van der Waals surface area (Å²) in [4.78, 5) is 0. The summed E-state index contributed by atoms with van der Waals surface area (Å²) in [5, 5.41) is 12.8. The van der Waals surface area contributed by atoms with Crippen molar-refractivity contribution in [3.63, 3.8) is 0 Å². The van der Waals surface area contributed by atoms with Gasteiger partial charge in [-0.2, -0.15) is 0 Å². The summed E-state index contributed by atoms with van der Waals surface area (Å²) in [7, 11) is 0. The smallest absolute Gasteiger partial charge is 0.169 e. The Labute approximate surface area is 98.0 Å². The number of aliphatic hydroxyl groups excluding tert-OH is 1. The minimum atomic E-state index is -0.464. The van der Waals surface area contributed by atoms with Crippen LogP contribution in [0, 0.1) is 5.92 Å². The van der Waals surface area contributed by atoms with Crippen LogP contribution in [0.5, 0.6) is 0 Å². The summed E-state index contributed by atoms with van der Waals surface area (Å²) in [6.07, 6.45) is 2.60. The van der Waals surface area contributed by atoms with Crippen molar-refractivity contribution in [2.45, 2.75) is 25.3 Å². The number of halogens is 1. The Balaban J connectivity index is 2.04. The highest BCUT2D eigenvalue weighted by atomic mass is 79.9. The standard InChI is InChI=1S/C11H16BrNO2/c1-11(7-14,13-6-8-2-3-8)9-4-5-10(12)15-9/h4-5,8,13-14H,2-3,6-7H2,1H3. The molecule has 3 nitrogen and oxygen atoms in total. The molecule has 1 fully saturated rings. The molecular weight excluding hydrogens is 258 g/mol. The van der Waals surface area contributed by atoms with Crippen LogP contribution in [0.1, 0.15) is 25.5 Å². The van der Waals surface area contributed by atoms with Gasteiger partial charge in [0.25, 0.3) is 0 Å². The maximum Gasteiger partial charge on any atom is 0.169 e. The minimum absolute atomic E-state index is 0.0413. The van der Waals surface area contributed by atoms with Crippen molar-refractivity contribution < 1.29 is 9.52 Å². The van der Waals surface area contributed by atoms with Crippen molar-refractivity contribution in [1.82, 2.24) is 5.32 Å². The van der Waals surface area contributed by atoms with E-state index in [1.165, 1.54) is 12.8 Å². The zero-order valence-electron chi connectivity index (χ0n) is 8.79. The van der Waals surface area contributed by atoms with E-state index in [9.17, 15) is 5.11 Å². The van der Waals surface area contributed by atoms with E-state index in [0.717, 1.165) is 18.2 Å². The molecule has 1 aliphatic rings. The molecule has 0 spiro atoms. The van der Waals surface area contributed by atoms with Crippen molar-refractivity contribution in [2.24, 2.45) is 5.92 Å². The molecule has 1 aliphatic carbocycles. The lowest BCUT2D eigenvalue weighted by Crippen LogP contribution is -2.43. The Morgan fingerprint density at radius 3 is 2.80 bits per heavy atom. The summed E-state index contributed by atoms with van der Waals surface area (Å²) in [5.74, 6) is 1.56. The van der Waals surface area contributed by atoms with Gasteiger partial charge in [0.15, 0.2) is 4.67 Å². The van der Waals surface area contributed by atoms with E-state index in [1.54, 1.807) is 0 Å². The predicted octanol–water partition coefficient (Wildman–Crippen LogP) is 2.25. The van der Waals surface area contributed by atoms with Crippen molar-refractivity contribution in [2.75, 3.05) is 13.2 Å². The van der Waals surface area contributed by atoms with Gasteiger partial charge in [-0.05, 0) is 60.3 Å². The number of aliphatic hydroxyl groups is 1. The first-order chi connectivity index (χ1) is 7.14. The molecule has 0 aliphatic heterocycles. The SMILES string of the molecule is CC(CO)(NCC1CC1)c1ccc(Br)o1. The zero-order valence-corrected chi connectivity index (χ0v) is 10.4. The number of nitrogens with one attached hydrogen (secondary N) is 1. The van der Waals surface area contributed by atoms with Crippen LogP contribution in [0.3, 0.4) is 0 Å². The van der Waals surface area contributed by atoms with Gasteiger partial charge in [-0.3, -0.25) is 0 Å². The number of hydrogen-bond donors (Lipinski definition) is 2. The lowest BCUT2D eigenvalue weighted by Gasteiger charge is -2.26. The molecule has 2 rings (SSSR count). The average Bonchev–Trinajstić information content (AvgIpc) is 2.96. The molecule has 1 aromatic heterocycles. The van der Waals surface area contributed by atoms with Crippen molar-refractivity contribution in [3.8, 4) is 0 Å². The highest BCUT2D eigenvalue weighted by molar-refractivity contribution is 9.10. The van der Waals surface area contributed by atoms with Crippen molar-refractivity contribution in [3.05, 3.63) is 22.6 Å². The second-order valence-electron chi connectivity index (χ2n) is 4.42. The third kappa shape index (κ3) is 2.62. The minimum Gasteiger partial charge on any atom is -0.452 e. The Hall–Kier alpha value is -0.320. The number of hydrogen-bond acceptors (Lipinski definition) is 3. The second kappa shape index (κ2) is 4.28. The molecule has 1 aromatic rings. The Bertz CT molecular complexity index is 335. The van der Waals surface area contributed by atoms with E-state index in [-0.39, 0.29) is 6.61 Å². The zero-order chi connectivity index (χ0) is 10.9. The highest BCUT2D eigenvalue weighted by Crippen LogP contribution is 2.30. The summed E-state index contributed by atoms with van der Waals surface area (Å²) in [5.41, 5.74) is -0.464. The van der Waals surface area contributed by atoms with Gasteiger partial charge in [0, 0.05) is 0 Å². The average molecular weight is 274 g/mol. The third-order valence-electron chi connectivity index (χ3n) is 2.91. The third-order valence-corrected chi connectivity index (χ3v) is 3.34. The molecule has 0 amide bonds. The fourth-order valence-electron chi connectivity index (χ4n) is 1.52. The summed E-state index contributed by atoms with van der Waals surface area (Å²) < 4.78 is 6.19. The molecule has 1 heterocycles. The Morgan fingerprint density at radius 2 is 2.33 bits per heavy atom. The topological polar surface area (TPSA) is 45.4 Å². The van der Waals surface area contributed by atoms with Crippen LogP contribution in [-0.2, 0) is 5.54 Å². The molecule has 0 bridgehead atoms. The molecule has 1 saturated carbocycles. The first-order valence-electron chi connectivity index (χ1n) is 5.26. The number of rotatable bonds is 5. The van der Waals surface area contributed by atoms with Gasteiger partial charge in [0.05, 0.1) is 12.1 Å². The van der Waals surface area contributed by atoms with Gasteiger partial charge in [-0.15, -0.1) is 0 Å². The van der Waals surface area contributed by atoms with E-state index < -0.39 is 5.54 Å². The van der Waals surface area contributed by atoms with E-state index in [1.807, 2.05) is 19.1 Å². The van der Waals surface area contributed by atoms with Crippen LogP contribution < -0.4 is 5.32 Å². The van der Waals surface area contributed by atoms with Crippen LogP contribution >= 0.6 is 15.9 Å². The first-order valence-corrected chi connectivity index (χ1v) is 6.05.